The maximum Gasteiger partial charge on any atom is 2.00 e. The van der Waals surface area contributed by atoms with Gasteiger partial charge in [-0.15, -0.1) is 10.2 Å². The number of amides is 4. The van der Waals surface area contributed by atoms with Crippen molar-refractivity contribution >= 4 is 149 Å². The fraction of sp³-hybridized carbons (Fsp3) is 0.0625. The summed E-state index contributed by atoms with van der Waals surface area (Å²) in [4.78, 5) is 50.8. The standard InChI is InChI=1S/2C32H26N4O7S.Ca/c2*1-19-6-7-21(31(38)33-23-10-14-25(15-11-23)44(40,41)42)17-29(19)36-35-28-5-3-4-20-16-27(30(37)18-26(20)28)32(39)34-22-8-12-24(43-2)13-9-22;/h2*3-18,37H,1-2H3,(H,33,38)(H,34,39)(H,40,41,42);/q;;+2/p-2. The minimum absolute atomic E-state index is 0. The Morgan fingerprint density at radius 1 is 0.449 bits per heavy atom. The number of azo groups is 2. The number of nitrogens with one attached hydrogen (secondary N) is 4. The number of phenolic OH excluding ortho intramolecular Hbond substituents is 1. The van der Waals surface area contributed by atoms with Crippen LogP contribution in [0.25, 0.3) is 21.5 Å². The van der Waals surface area contributed by atoms with Crippen LogP contribution < -0.4 is 35.8 Å². The van der Waals surface area contributed by atoms with Crippen LogP contribution in [-0.2, 0) is 20.2 Å². The molecule has 22 nitrogen and oxygen atoms in total. The first-order chi connectivity index (χ1) is 42.0. The third-order valence-corrected chi connectivity index (χ3v) is 15.1. The zero-order chi connectivity index (χ0) is 62.9. The van der Waals surface area contributed by atoms with Crippen LogP contribution in [0.15, 0.2) is 224 Å². The molecule has 89 heavy (non-hydrogen) atoms. The van der Waals surface area contributed by atoms with E-state index in [0.29, 0.717) is 78.5 Å². The van der Waals surface area contributed by atoms with Gasteiger partial charge in [-0.3, -0.25) is 23.7 Å². The van der Waals surface area contributed by atoms with Crippen LogP contribution in [-0.4, -0.2) is 107 Å². The quantitative estimate of drug-likeness (QED) is 0.0298. The first kappa shape index (κ1) is 65.1. The Balaban J connectivity index is 0.000000228. The number of aryl methyl sites for hydroxylation is 2. The molecule has 0 spiro atoms. The predicted molar refractivity (Wildman–Crippen MR) is 334 cm³/mol. The Kier molecular flexibility index (Phi) is 20.7. The van der Waals surface area contributed by atoms with E-state index in [4.69, 9.17) is 14.0 Å². The van der Waals surface area contributed by atoms with Gasteiger partial charge in [-0.05, 0) is 187 Å². The molecule has 0 heterocycles. The van der Waals surface area contributed by atoms with E-state index in [0.717, 1.165) is 23.3 Å². The third-order valence-electron chi connectivity index (χ3n) is 13.4. The minimum Gasteiger partial charge on any atom is -0.872 e. The van der Waals surface area contributed by atoms with Crippen LogP contribution in [0.2, 0.25) is 0 Å². The van der Waals surface area contributed by atoms with Crippen LogP contribution in [0.4, 0.5) is 45.5 Å². The zero-order valence-electron chi connectivity index (χ0n) is 47.6. The van der Waals surface area contributed by atoms with Crippen molar-refractivity contribution in [3.05, 3.63) is 228 Å². The molecule has 0 aliphatic rings. The molecular formula is C64H50CaN8O14S2. The molecule has 0 aromatic heterocycles. The molecule has 0 saturated carbocycles. The van der Waals surface area contributed by atoms with E-state index in [9.17, 15) is 50.8 Å². The van der Waals surface area contributed by atoms with E-state index in [1.807, 2.05) is 6.92 Å². The summed E-state index contributed by atoms with van der Waals surface area (Å²) in [5, 5.41) is 54.2. The van der Waals surface area contributed by atoms with Crippen molar-refractivity contribution in [2.45, 2.75) is 23.6 Å². The van der Waals surface area contributed by atoms with Gasteiger partial charge in [-0.25, -0.2) is 8.42 Å². The number of nitrogens with zero attached hydrogens (tertiary/aromatic N) is 4. The largest absolute Gasteiger partial charge is 2.00 e. The summed E-state index contributed by atoms with van der Waals surface area (Å²) in [6.07, 6.45) is 0. The van der Waals surface area contributed by atoms with Gasteiger partial charge in [0.05, 0.1) is 52.3 Å². The van der Waals surface area contributed by atoms with Crippen LogP contribution in [0.5, 0.6) is 23.0 Å². The molecule has 6 N–H and O–H groups in total. The first-order valence-electron chi connectivity index (χ1n) is 26.2. The van der Waals surface area contributed by atoms with Crippen molar-refractivity contribution in [1.29, 1.82) is 0 Å². The van der Waals surface area contributed by atoms with Gasteiger partial charge in [0.15, 0.2) is 0 Å². The Labute approximate surface area is 539 Å². The van der Waals surface area contributed by atoms with Gasteiger partial charge in [0.1, 0.15) is 27.4 Å². The number of anilines is 4. The Bertz CT molecular complexity index is 4350. The topological polar surface area (TPSA) is 339 Å². The van der Waals surface area contributed by atoms with E-state index >= 15 is 0 Å². The van der Waals surface area contributed by atoms with E-state index in [2.05, 4.69) is 41.7 Å². The van der Waals surface area contributed by atoms with Gasteiger partial charge in [-0.2, -0.15) is 18.6 Å². The van der Waals surface area contributed by atoms with Crippen molar-refractivity contribution in [2.24, 2.45) is 20.5 Å². The second-order valence-electron chi connectivity index (χ2n) is 19.4. The number of carbonyl (C=O) groups is 4. The number of methoxy groups -OCH3 is 2. The van der Waals surface area contributed by atoms with Crippen LogP contribution >= 0.6 is 0 Å². The first-order valence-corrected chi connectivity index (χ1v) is 29.1. The molecule has 444 valence electrons. The number of fused-ring (bicyclic) bond motifs is 2. The number of rotatable bonds is 16. The number of carbonyl (C=O) groups excluding carboxylic acids is 4. The second kappa shape index (κ2) is 28.3. The average Bonchev–Trinajstić information content (AvgIpc) is 1.41. The summed E-state index contributed by atoms with van der Waals surface area (Å²) in [7, 11) is -5.86. The summed E-state index contributed by atoms with van der Waals surface area (Å²) >= 11 is 0. The maximum atomic E-state index is 12.9. The predicted octanol–water partition coefficient (Wildman–Crippen LogP) is 12.7. The molecule has 0 saturated heterocycles. The van der Waals surface area contributed by atoms with Gasteiger partial charge in [0.25, 0.3) is 33.7 Å². The molecular weight excluding hydrogens is 1210 g/mol. The second-order valence-corrected chi connectivity index (χ2v) is 22.2. The van der Waals surface area contributed by atoms with Crippen molar-refractivity contribution in [2.75, 3.05) is 35.5 Å². The molecule has 0 fully saturated rings. The van der Waals surface area contributed by atoms with Gasteiger partial charge >= 0.3 is 37.7 Å². The molecule has 10 aromatic rings. The van der Waals surface area contributed by atoms with E-state index < -0.39 is 54.5 Å². The summed E-state index contributed by atoms with van der Waals surface area (Å²) in [5.74, 6) is -1.41. The summed E-state index contributed by atoms with van der Waals surface area (Å²) < 4.78 is 75.3. The molecule has 25 heteroatoms. The number of ether oxygens (including phenoxy) is 2. The Morgan fingerprint density at radius 2 is 0.820 bits per heavy atom. The molecule has 0 radical (unpaired) electrons. The van der Waals surface area contributed by atoms with E-state index in [-0.39, 0.29) is 70.6 Å². The number of hydrogen-bond acceptors (Lipinski definition) is 17. The smallest absolute Gasteiger partial charge is 0.872 e. The van der Waals surface area contributed by atoms with Crippen LogP contribution in [0, 0.1) is 13.8 Å². The summed E-state index contributed by atoms with van der Waals surface area (Å²) in [5.41, 5.74) is 5.44. The molecule has 0 atom stereocenters. The number of aromatic hydroxyl groups is 1. The average molecular weight is 1260 g/mol. The molecule has 0 bridgehead atoms. The van der Waals surface area contributed by atoms with Crippen molar-refractivity contribution in [3.8, 4) is 23.0 Å². The molecule has 10 aromatic carbocycles. The van der Waals surface area contributed by atoms with Gasteiger partial charge < -0.3 is 45.5 Å². The fourth-order valence-electron chi connectivity index (χ4n) is 8.62. The van der Waals surface area contributed by atoms with Crippen LogP contribution in [0.1, 0.15) is 52.6 Å². The zero-order valence-corrected chi connectivity index (χ0v) is 51.4. The van der Waals surface area contributed by atoms with E-state index in [1.54, 1.807) is 135 Å². The maximum absolute atomic E-state index is 12.9. The fourth-order valence-corrected chi connectivity index (χ4v) is 9.57. The summed E-state index contributed by atoms with van der Waals surface area (Å²) in [6, 6.07) is 49.5. The normalized spacial score (nSPS) is 11.3. The number of benzene rings is 10. The molecule has 0 aliphatic heterocycles. The third kappa shape index (κ3) is 16.4. The van der Waals surface area contributed by atoms with Gasteiger partial charge in [-0.1, -0.05) is 48.2 Å². The molecule has 10 rings (SSSR count). The van der Waals surface area contributed by atoms with Gasteiger partial charge in [0, 0.05) is 50.2 Å². The monoisotopic (exact) mass is 1260 g/mol. The Hall–Kier alpha value is -9.92. The molecule has 4 amide bonds. The SMILES string of the molecule is COc1ccc(NC(=O)c2cc3cccc(N=Nc4cc(C(=O)Nc5ccc(S(=O)(=O)O)cc5)ccc4C)c3cc2O)cc1.COc1ccc(NC(=O)c2cc3cccc(N=Nc4cc(C(=O)Nc5ccc(S(=O)(=O)[O-])cc5)ccc4C)c3cc2[O-])cc1.[Ca+2]. The number of phenols is 1. The van der Waals surface area contributed by atoms with E-state index in [1.165, 1.54) is 67.8 Å². The summed E-state index contributed by atoms with van der Waals surface area (Å²) in [6.45, 7) is 3.61. The minimum atomic E-state index is -4.60. The molecule has 0 aliphatic carbocycles. The van der Waals surface area contributed by atoms with Crippen molar-refractivity contribution in [1.82, 2.24) is 0 Å². The Morgan fingerprint density at radius 3 is 1.24 bits per heavy atom. The van der Waals surface area contributed by atoms with Crippen molar-refractivity contribution in [3.63, 3.8) is 0 Å². The van der Waals surface area contributed by atoms with Gasteiger partial charge in [0.2, 0.25) is 0 Å². The molecule has 0 unspecified atom stereocenters. The van der Waals surface area contributed by atoms with Crippen molar-refractivity contribution < 1.29 is 64.8 Å². The van der Waals surface area contributed by atoms with Crippen LogP contribution in [0.3, 0.4) is 0 Å². The number of hydrogen-bond donors (Lipinski definition) is 6.